The molecule has 1 fully saturated rings. The molecule has 1 saturated carbocycles. The van der Waals surface area contributed by atoms with Crippen molar-refractivity contribution in [2.75, 3.05) is 19.4 Å². The van der Waals surface area contributed by atoms with Crippen molar-refractivity contribution < 1.29 is 23.0 Å². The highest BCUT2D eigenvalue weighted by molar-refractivity contribution is 7.89. The molecule has 0 unspecified atom stereocenters. The van der Waals surface area contributed by atoms with Gasteiger partial charge in [-0.3, -0.25) is 0 Å². The fraction of sp³-hybridized carbons (Fsp3) is 0.667. The first-order chi connectivity index (χ1) is 11.7. The van der Waals surface area contributed by atoms with Crippen LogP contribution in [0, 0.1) is 5.92 Å². The van der Waals surface area contributed by atoms with Gasteiger partial charge in [-0.05, 0) is 57.7 Å². The molecule has 1 aromatic carbocycles. The van der Waals surface area contributed by atoms with Gasteiger partial charge in [-0.1, -0.05) is 0 Å². The highest BCUT2D eigenvalue weighted by Gasteiger charge is 2.47. The van der Waals surface area contributed by atoms with E-state index >= 15 is 0 Å². The second-order valence-corrected chi connectivity index (χ2v) is 9.78. The van der Waals surface area contributed by atoms with Gasteiger partial charge in [-0.2, -0.15) is 4.31 Å². The summed E-state index contributed by atoms with van der Waals surface area (Å²) in [6, 6.07) is 4.71. The molecule has 0 amide bonds. The zero-order valence-corrected chi connectivity index (χ0v) is 16.0. The average Bonchev–Trinajstić information content (AvgIpc) is 3.38. The molecular formula is C18H27NO5S. The molecular weight excluding hydrogens is 342 g/mol. The van der Waals surface area contributed by atoms with Crippen LogP contribution < -0.4 is 9.47 Å². The Balaban J connectivity index is 1.99. The van der Waals surface area contributed by atoms with Crippen molar-refractivity contribution in [1.82, 2.24) is 4.31 Å². The molecule has 1 heterocycles. The second kappa shape index (κ2) is 6.45. The minimum atomic E-state index is -3.48. The zero-order chi connectivity index (χ0) is 18.4. The van der Waals surface area contributed by atoms with Crippen molar-refractivity contribution in [2.24, 2.45) is 5.92 Å². The van der Waals surface area contributed by atoms with Gasteiger partial charge in [0.1, 0.15) is 23.2 Å². The summed E-state index contributed by atoms with van der Waals surface area (Å²) < 4.78 is 37.8. The monoisotopic (exact) mass is 369 g/mol. The third-order valence-electron chi connectivity index (χ3n) is 5.06. The molecule has 0 spiro atoms. The predicted octanol–water partition coefficient (Wildman–Crippen LogP) is 2.33. The number of fused-ring (bicyclic) bond motifs is 1. The van der Waals surface area contributed by atoms with Crippen LogP contribution in [0.15, 0.2) is 18.2 Å². The van der Waals surface area contributed by atoms with Crippen molar-refractivity contribution in [3.63, 3.8) is 0 Å². The quantitative estimate of drug-likeness (QED) is 0.833. The summed E-state index contributed by atoms with van der Waals surface area (Å²) in [5, 5.41) is 10.8. The summed E-state index contributed by atoms with van der Waals surface area (Å²) in [5.41, 5.74) is -0.259. The van der Waals surface area contributed by atoms with Crippen molar-refractivity contribution in [2.45, 2.75) is 51.4 Å². The summed E-state index contributed by atoms with van der Waals surface area (Å²) in [5.74, 6) is 1.85. The standard InChI is InChI=1S/C18H27NO5S/c1-5-25(21,22)19(4)16-14-10-13(23-11-12-6-7-12)8-9-15(14)24-18(2,3)17(16)20/h8-10,12,16-17,20H,5-7,11H2,1-4H3/t16-,17+/m1/s1. The van der Waals surface area contributed by atoms with Gasteiger partial charge < -0.3 is 14.6 Å². The molecule has 1 aromatic rings. The maximum atomic E-state index is 12.4. The molecule has 3 rings (SSSR count). The molecule has 1 N–H and O–H groups in total. The summed E-state index contributed by atoms with van der Waals surface area (Å²) in [7, 11) is -1.97. The van der Waals surface area contributed by atoms with Crippen molar-refractivity contribution >= 4 is 10.0 Å². The molecule has 0 saturated heterocycles. The number of sulfonamides is 1. The van der Waals surface area contributed by atoms with E-state index in [1.54, 1.807) is 32.9 Å². The van der Waals surface area contributed by atoms with Crippen LogP contribution in [0.4, 0.5) is 0 Å². The van der Waals surface area contributed by atoms with Gasteiger partial charge in [-0.25, -0.2) is 8.42 Å². The highest BCUT2D eigenvalue weighted by atomic mass is 32.2. The Morgan fingerprint density at radius 1 is 1.36 bits per heavy atom. The number of rotatable bonds is 6. The van der Waals surface area contributed by atoms with Crippen LogP contribution in [-0.4, -0.2) is 48.9 Å². The van der Waals surface area contributed by atoms with E-state index in [9.17, 15) is 13.5 Å². The smallest absolute Gasteiger partial charge is 0.214 e. The maximum absolute atomic E-state index is 12.4. The summed E-state index contributed by atoms with van der Waals surface area (Å²) in [6.45, 7) is 5.79. The van der Waals surface area contributed by atoms with E-state index in [4.69, 9.17) is 9.47 Å². The van der Waals surface area contributed by atoms with E-state index < -0.39 is 27.8 Å². The number of likely N-dealkylation sites (N-methyl/N-ethyl adjacent to an activating group) is 1. The fourth-order valence-electron chi connectivity index (χ4n) is 3.10. The highest BCUT2D eigenvalue weighted by Crippen LogP contribution is 2.44. The molecule has 7 heteroatoms. The van der Waals surface area contributed by atoms with Gasteiger partial charge in [-0.15, -0.1) is 0 Å². The van der Waals surface area contributed by atoms with Gasteiger partial charge in [0.25, 0.3) is 0 Å². The van der Waals surface area contributed by atoms with Crippen LogP contribution in [0.2, 0.25) is 0 Å². The van der Waals surface area contributed by atoms with E-state index in [2.05, 4.69) is 0 Å². The van der Waals surface area contributed by atoms with Crippen LogP contribution in [0.25, 0.3) is 0 Å². The first kappa shape index (κ1) is 18.5. The normalized spacial score (nSPS) is 25.4. The Hall–Kier alpha value is -1.31. The number of benzene rings is 1. The second-order valence-electron chi connectivity index (χ2n) is 7.47. The molecule has 25 heavy (non-hydrogen) atoms. The summed E-state index contributed by atoms with van der Waals surface area (Å²) >= 11 is 0. The van der Waals surface area contributed by atoms with Crippen molar-refractivity contribution in [3.8, 4) is 11.5 Å². The van der Waals surface area contributed by atoms with E-state index in [1.165, 1.54) is 24.2 Å². The Bertz CT molecular complexity index is 742. The Labute approximate surface area is 149 Å². The number of aliphatic hydroxyl groups excluding tert-OH is 1. The van der Waals surface area contributed by atoms with E-state index in [0.717, 1.165) is 0 Å². The van der Waals surface area contributed by atoms with Crippen LogP contribution >= 0.6 is 0 Å². The predicted molar refractivity (Wildman–Crippen MR) is 95.3 cm³/mol. The third kappa shape index (κ3) is 3.64. The fourth-order valence-corrected chi connectivity index (χ4v) is 4.09. The lowest BCUT2D eigenvalue weighted by molar-refractivity contribution is -0.0764. The van der Waals surface area contributed by atoms with Crippen LogP contribution in [0.5, 0.6) is 11.5 Å². The van der Waals surface area contributed by atoms with Gasteiger partial charge in [0.2, 0.25) is 10.0 Å². The van der Waals surface area contributed by atoms with Crippen LogP contribution in [0.1, 0.15) is 45.2 Å². The average molecular weight is 369 g/mol. The number of aliphatic hydroxyl groups is 1. The maximum Gasteiger partial charge on any atom is 0.214 e. The van der Waals surface area contributed by atoms with E-state index in [-0.39, 0.29) is 5.75 Å². The molecule has 2 atom stereocenters. The van der Waals surface area contributed by atoms with E-state index in [1.807, 2.05) is 6.07 Å². The molecule has 2 aliphatic rings. The molecule has 0 radical (unpaired) electrons. The van der Waals surface area contributed by atoms with Crippen molar-refractivity contribution in [1.29, 1.82) is 0 Å². The number of nitrogens with zero attached hydrogens (tertiary/aromatic N) is 1. The Morgan fingerprint density at radius 3 is 2.64 bits per heavy atom. The first-order valence-electron chi connectivity index (χ1n) is 8.75. The number of hydrogen-bond donors (Lipinski definition) is 1. The summed E-state index contributed by atoms with van der Waals surface area (Å²) in [4.78, 5) is 0. The Morgan fingerprint density at radius 2 is 2.04 bits per heavy atom. The lowest BCUT2D eigenvalue weighted by Crippen LogP contribution is -2.54. The third-order valence-corrected chi connectivity index (χ3v) is 6.90. The van der Waals surface area contributed by atoms with Crippen LogP contribution in [0.3, 0.4) is 0 Å². The molecule has 0 aromatic heterocycles. The zero-order valence-electron chi connectivity index (χ0n) is 15.2. The minimum Gasteiger partial charge on any atom is -0.493 e. The molecule has 1 aliphatic carbocycles. The number of hydrogen-bond acceptors (Lipinski definition) is 5. The lowest BCUT2D eigenvalue weighted by Gasteiger charge is -2.44. The van der Waals surface area contributed by atoms with Gasteiger partial charge in [0.15, 0.2) is 0 Å². The topological polar surface area (TPSA) is 76.1 Å². The minimum absolute atomic E-state index is 0.0266. The van der Waals surface area contributed by atoms with Gasteiger partial charge in [0.05, 0.1) is 18.4 Å². The molecule has 6 nitrogen and oxygen atoms in total. The number of ether oxygens (including phenoxy) is 2. The van der Waals surface area contributed by atoms with Gasteiger partial charge >= 0.3 is 0 Å². The molecule has 1 aliphatic heterocycles. The Kier molecular flexibility index (Phi) is 4.77. The van der Waals surface area contributed by atoms with Gasteiger partial charge in [0, 0.05) is 12.6 Å². The lowest BCUT2D eigenvalue weighted by atomic mass is 9.86. The molecule has 0 bridgehead atoms. The largest absolute Gasteiger partial charge is 0.493 e. The molecule has 140 valence electrons. The van der Waals surface area contributed by atoms with Crippen molar-refractivity contribution in [3.05, 3.63) is 23.8 Å². The van der Waals surface area contributed by atoms with Crippen LogP contribution in [-0.2, 0) is 10.0 Å². The summed E-state index contributed by atoms with van der Waals surface area (Å²) in [6.07, 6.45) is 1.40. The van der Waals surface area contributed by atoms with E-state index in [0.29, 0.717) is 29.6 Å². The SMILES string of the molecule is CCS(=O)(=O)N(C)[C@@H]1c2cc(OCC3CC3)ccc2OC(C)(C)[C@H]1O. The first-order valence-corrected chi connectivity index (χ1v) is 10.4.